The maximum atomic E-state index is 12.9. The Morgan fingerprint density at radius 3 is 2.58 bits per heavy atom. The Morgan fingerprint density at radius 2 is 1.84 bits per heavy atom. The van der Waals surface area contributed by atoms with Crippen molar-refractivity contribution in [2.75, 3.05) is 31.1 Å². The number of nitrogens with one attached hydrogen (secondary N) is 1. The lowest BCUT2D eigenvalue weighted by Gasteiger charge is -2.25. The highest BCUT2D eigenvalue weighted by molar-refractivity contribution is 9.10. The topological polar surface area (TPSA) is 61.5 Å². The van der Waals surface area contributed by atoms with Crippen LogP contribution in [0.5, 0.6) is 5.75 Å². The molecule has 6 nitrogen and oxygen atoms in total. The molecular formula is C23H24BrClN4O2. The van der Waals surface area contributed by atoms with Crippen LogP contribution in [-0.4, -0.2) is 53.3 Å². The molecule has 162 valence electrons. The lowest BCUT2D eigenvalue weighted by molar-refractivity contribution is -0.137. The van der Waals surface area contributed by atoms with Crippen LogP contribution < -0.4 is 9.64 Å². The van der Waals surface area contributed by atoms with Gasteiger partial charge in [-0.25, -0.2) is 0 Å². The molecule has 1 aromatic heterocycles. The first-order valence-electron chi connectivity index (χ1n) is 10.3. The molecule has 0 bridgehead atoms. The quantitative estimate of drug-likeness (QED) is 0.532. The van der Waals surface area contributed by atoms with Gasteiger partial charge in [-0.2, -0.15) is 5.10 Å². The molecule has 1 aliphatic heterocycles. The number of hydrogen-bond acceptors (Lipinski definition) is 4. The molecule has 2 heterocycles. The Bertz CT molecular complexity index is 1020. The van der Waals surface area contributed by atoms with Crippen molar-refractivity contribution in [3.63, 3.8) is 0 Å². The zero-order valence-corrected chi connectivity index (χ0v) is 19.6. The summed E-state index contributed by atoms with van der Waals surface area (Å²) in [6, 6.07) is 17.2. The van der Waals surface area contributed by atoms with Gasteiger partial charge in [-0.15, -0.1) is 0 Å². The number of halogens is 2. The first kappa shape index (κ1) is 21.7. The molecule has 1 saturated heterocycles. The van der Waals surface area contributed by atoms with Crippen LogP contribution in [0.25, 0.3) is 11.3 Å². The van der Waals surface area contributed by atoms with Gasteiger partial charge in [0.2, 0.25) is 0 Å². The number of aromatic nitrogens is 2. The maximum Gasteiger partial charge on any atom is 0.263 e. The Balaban J connectivity index is 1.36. The van der Waals surface area contributed by atoms with E-state index in [2.05, 4.69) is 37.1 Å². The summed E-state index contributed by atoms with van der Waals surface area (Å²) >= 11 is 9.38. The molecule has 3 aromatic rings. The monoisotopic (exact) mass is 502 g/mol. The van der Waals surface area contributed by atoms with Crippen LogP contribution in [0.1, 0.15) is 13.3 Å². The van der Waals surface area contributed by atoms with Crippen molar-refractivity contribution in [1.29, 1.82) is 0 Å². The van der Waals surface area contributed by atoms with Gasteiger partial charge in [0.25, 0.3) is 5.91 Å². The molecule has 1 fully saturated rings. The molecule has 4 rings (SSSR count). The van der Waals surface area contributed by atoms with E-state index in [9.17, 15) is 4.79 Å². The predicted molar refractivity (Wildman–Crippen MR) is 127 cm³/mol. The average Bonchev–Trinajstić information content (AvgIpc) is 3.13. The van der Waals surface area contributed by atoms with E-state index in [0.29, 0.717) is 23.9 Å². The number of rotatable bonds is 5. The number of aromatic amines is 1. The number of carbonyl (C=O) groups is 1. The molecule has 0 aliphatic carbocycles. The fourth-order valence-electron chi connectivity index (χ4n) is 3.64. The largest absolute Gasteiger partial charge is 0.481 e. The third-order valence-electron chi connectivity index (χ3n) is 5.33. The van der Waals surface area contributed by atoms with Crippen molar-refractivity contribution in [3.8, 4) is 17.0 Å². The molecule has 8 heteroatoms. The Hall–Kier alpha value is -2.51. The molecule has 0 radical (unpaired) electrons. The summed E-state index contributed by atoms with van der Waals surface area (Å²) in [4.78, 5) is 17.0. The highest BCUT2D eigenvalue weighted by Crippen LogP contribution is 2.24. The third kappa shape index (κ3) is 5.40. The molecule has 0 saturated carbocycles. The first-order chi connectivity index (χ1) is 15.0. The van der Waals surface area contributed by atoms with Gasteiger partial charge in [-0.1, -0.05) is 39.7 Å². The van der Waals surface area contributed by atoms with E-state index in [1.165, 1.54) is 0 Å². The highest BCUT2D eigenvalue weighted by atomic mass is 79.9. The normalized spacial score (nSPS) is 15.5. The Kier molecular flexibility index (Phi) is 6.83. The van der Waals surface area contributed by atoms with E-state index < -0.39 is 6.10 Å². The number of H-pyrrole nitrogens is 1. The molecule has 1 aliphatic rings. The van der Waals surface area contributed by atoms with Crippen LogP contribution >= 0.6 is 27.5 Å². The molecule has 2 aromatic carbocycles. The second kappa shape index (κ2) is 9.75. The maximum absolute atomic E-state index is 12.9. The molecule has 31 heavy (non-hydrogen) atoms. The lowest BCUT2D eigenvalue weighted by atomic mass is 10.1. The smallest absolute Gasteiger partial charge is 0.263 e. The van der Waals surface area contributed by atoms with Crippen LogP contribution in [0.2, 0.25) is 5.02 Å². The van der Waals surface area contributed by atoms with E-state index in [1.807, 2.05) is 29.2 Å². The second-order valence-electron chi connectivity index (χ2n) is 7.53. The standard InChI is InChI=1S/C23H24BrClN4O2/c1-16(31-20-9-7-19(25)8-10-20)23(30)29-12-2-11-28(13-14-29)22-15-21(26-27-22)17-3-5-18(24)6-4-17/h3-10,15-16H,2,11-14H2,1H3,(H,26,27)/t16-/m0/s1. The van der Waals surface area contributed by atoms with Gasteiger partial charge < -0.3 is 14.5 Å². The van der Waals surface area contributed by atoms with Crippen LogP contribution in [0.15, 0.2) is 59.1 Å². The number of hydrogen-bond donors (Lipinski definition) is 1. The fraction of sp³-hybridized carbons (Fsp3) is 0.304. The van der Waals surface area contributed by atoms with E-state index in [1.54, 1.807) is 31.2 Å². The van der Waals surface area contributed by atoms with Gasteiger partial charge in [-0.3, -0.25) is 9.89 Å². The van der Waals surface area contributed by atoms with Gasteiger partial charge >= 0.3 is 0 Å². The van der Waals surface area contributed by atoms with Crippen molar-refractivity contribution in [1.82, 2.24) is 15.1 Å². The van der Waals surface area contributed by atoms with Crippen LogP contribution in [0.3, 0.4) is 0 Å². The molecule has 1 atom stereocenters. The minimum absolute atomic E-state index is 0.00520. The number of nitrogens with zero attached hydrogens (tertiary/aromatic N) is 3. The van der Waals surface area contributed by atoms with Gasteiger partial charge in [0.05, 0.1) is 5.69 Å². The van der Waals surface area contributed by atoms with Crippen LogP contribution in [0.4, 0.5) is 5.82 Å². The van der Waals surface area contributed by atoms with Crippen LogP contribution in [-0.2, 0) is 4.79 Å². The number of anilines is 1. The summed E-state index contributed by atoms with van der Waals surface area (Å²) in [5.74, 6) is 1.53. The molecule has 0 spiro atoms. The molecular weight excluding hydrogens is 480 g/mol. The second-order valence-corrected chi connectivity index (χ2v) is 8.88. The van der Waals surface area contributed by atoms with Crippen molar-refractivity contribution in [2.24, 2.45) is 0 Å². The van der Waals surface area contributed by atoms with Crippen molar-refractivity contribution in [2.45, 2.75) is 19.4 Å². The Morgan fingerprint density at radius 1 is 1.10 bits per heavy atom. The van der Waals surface area contributed by atoms with Gasteiger partial charge in [0, 0.05) is 41.7 Å². The van der Waals surface area contributed by atoms with Gasteiger partial charge in [-0.05, 0) is 55.3 Å². The number of ether oxygens (including phenoxy) is 1. The van der Waals surface area contributed by atoms with E-state index in [0.717, 1.165) is 41.1 Å². The molecule has 1 amide bonds. The fourth-order valence-corrected chi connectivity index (χ4v) is 4.03. The summed E-state index contributed by atoms with van der Waals surface area (Å²) in [7, 11) is 0. The van der Waals surface area contributed by atoms with E-state index in [-0.39, 0.29) is 5.91 Å². The zero-order valence-electron chi connectivity index (χ0n) is 17.2. The Labute approximate surface area is 195 Å². The third-order valence-corrected chi connectivity index (χ3v) is 6.11. The summed E-state index contributed by atoms with van der Waals surface area (Å²) in [6.45, 7) is 4.70. The van der Waals surface area contributed by atoms with Gasteiger partial charge in [0.1, 0.15) is 5.75 Å². The van der Waals surface area contributed by atoms with E-state index >= 15 is 0 Å². The van der Waals surface area contributed by atoms with Crippen molar-refractivity contribution in [3.05, 3.63) is 64.1 Å². The predicted octanol–water partition coefficient (Wildman–Crippen LogP) is 5.00. The number of benzene rings is 2. The van der Waals surface area contributed by atoms with Crippen LogP contribution in [0, 0.1) is 0 Å². The molecule has 1 N–H and O–H groups in total. The number of amides is 1. The minimum Gasteiger partial charge on any atom is -0.481 e. The van der Waals surface area contributed by atoms with Crippen molar-refractivity contribution >= 4 is 39.3 Å². The highest BCUT2D eigenvalue weighted by Gasteiger charge is 2.25. The van der Waals surface area contributed by atoms with E-state index in [4.69, 9.17) is 16.3 Å². The average molecular weight is 504 g/mol. The number of carbonyl (C=O) groups excluding carboxylic acids is 1. The molecule has 0 unspecified atom stereocenters. The summed E-state index contributed by atoms with van der Waals surface area (Å²) in [6.07, 6.45) is 0.321. The summed E-state index contributed by atoms with van der Waals surface area (Å²) in [5.41, 5.74) is 2.06. The van der Waals surface area contributed by atoms with Crippen molar-refractivity contribution < 1.29 is 9.53 Å². The first-order valence-corrected chi connectivity index (χ1v) is 11.4. The summed E-state index contributed by atoms with van der Waals surface area (Å²) < 4.78 is 6.86. The van der Waals surface area contributed by atoms with Gasteiger partial charge in [0.15, 0.2) is 11.9 Å². The SMILES string of the molecule is C[C@H](Oc1ccc(Cl)cc1)C(=O)N1CCCN(c2cc(-c3ccc(Br)cc3)[nH]n2)CC1. The minimum atomic E-state index is -0.554. The zero-order chi connectivity index (χ0) is 21.8. The lowest BCUT2D eigenvalue weighted by Crippen LogP contribution is -2.42. The summed E-state index contributed by atoms with van der Waals surface area (Å²) in [5, 5.41) is 8.26.